The van der Waals surface area contributed by atoms with Crippen molar-refractivity contribution in [2.75, 3.05) is 13.1 Å². The Balaban J connectivity index is 1.52. The molecule has 1 aromatic carbocycles. The zero-order valence-electron chi connectivity index (χ0n) is 16.0. The van der Waals surface area contributed by atoms with E-state index in [-0.39, 0.29) is 36.1 Å². The van der Waals surface area contributed by atoms with Crippen LogP contribution in [-0.2, 0) is 28.7 Å². The summed E-state index contributed by atoms with van der Waals surface area (Å²) in [4.78, 5) is 38.4. The summed E-state index contributed by atoms with van der Waals surface area (Å²) >= 11 is 5.86. The molecular formula is C21H20ClF3N2O3. The predicted octanol–water partition coefficient (Wildman–Crippen LogP) is 3.57. The van der Waals surface area contributed by atoms with E-state index in [2.05, 4.69) is 0 Å². The van der Waals surface area contributed by atoms with Gasteiger partial charge in [-0.1, -0.05) is 23.7 Å². The van der Waals surface area contributed by atoms with Gasteiger partial charge in [-0.3, -0.25) is 14.4 Å². The van der Waals surface area contributed by atoms with Crippen molar-refractivity contribution in [1.29, 1.82) is 0 Å². The third-order valence-electron chi connectivity index (χ3n) is 5.22. The molecule has 0 bridgehead atoms. The predicted molar refractivity (Wildman–Crippen MR) is 105 cm³/mol. The van der Waals surface area contributed by atoms with Gasteiger partial charge in [-0.25, -0.2) is 0 Å². The highest BCUT2D eigenvalue weighted by Gasteiger charge is 2.30. The zero-order valence-corrected chi connectivity index (χ0v) is 16.7. The van der Waals surface area contributed by atoms with Gasteiger partial charge in [-0.05, 0) is 36.6 Å². The molecule has 1 aliphatic heterocycles. The zero-order chi connectivity index (χ0) is 21.9. The van der Waals surface area contributed by atoms with E-state index in [4.69, 9.17) is 11.6 Å². The number of hydrogen-bond acceptors (Lipinski definition) is 3. The van der Waals surface area contributed by atoms with Gasteiger partial charge in [0.05, 0.1) is 10.6 Å². The van der Waals surface area contributed by atoms with Crippen molar-refractivity contribution in [3.8, 4) is 0 Å². The number of likely N-dealkylation sites (tertiary alicyclic amines) is 1. The van der Waals surface area contributed by atoms with E-state index >= 15 is 0 Å². The third kappa shape index (κ3) is 5.50. The van der Waals surface area contributed by atoms with Crippen molar-refractivity contribution < 1.29 is 22.8 Å². The summed E-state index contributed by atoms with van der Waals surface area (Å²) < 4.78 is 39.1. The Morgan fingerprint density at radius 2 is 1.67 bits per heavy atom. The number of alkyl halides is 3. The maximum atomic E-state index is 12.6. The molecule has 160 valence electrons. The first-order chi connectivity index (χ1) is 14.1. The number of halogens is 4. The van der Waals surface area contributed by atoms with Gasteiger partial charge in [-0.2, -0.15) is 13.2 Å². The van der Waals surface area contributed by atoms with E-state index < -0.39 is 11.7 Å². The molecule has 0 atom stereocenters. The van der Waals surface area contributed by atoms with E-state index in [0.29, 0.717) is 36.5 Å². The number of aromatic nitrogens is 1. The minimum atomic E-state index is -4.40. The van der Waals surface area contributed by atoms with Gasteiger partial charge in [0.2, 0.25) is 5.91 Å². The fraction of sp³-hybridized carbons (Fsp3) is 0.381. The molecule has 1 saturated heterocycles. The SMILES string of the molecule is O=C(Cc1ccc(C(F)(F)F)cc1)C1CCN(C(=O)Cn2cc(Cl)ccc2=O)CC1. The third-order valence-corrected chi connectivity index (χ3v) is 5.44. The topological polar surface area (TPSA) is 59.4 Å². The lowest BCUT2D eigenvalue weighted by atomic mass is 9.89. The molecule has 1 aromatic heterocycles. The average Bonchev–Trinajstić information content (AvgIpc) is 2.70. The van der Waals surface area contributed by atoms with Crippen molar-refractivity contribution in [1.82, 2.24) is 9.47 Å². The maximum Gasteiger partial charge on any atom is 0.416 e. The number of amides is 1. The summed E-state index contributed by atoms with van der Waals surface area (Å²) in [5, 5.41) is 0.356. The van der Waals surface area contributed by atoms with E-state index in [1.54, 1.807) is 4.90 Å². The number of carbonyl (C=O) groups excluding carboxylic acids is 2. The van der Waals surface area contributed by atoms with Crippen LogP contribution in [0.4, 0.5) is 13.2 Å². The van der Waals surface area contributed by atoms with Gasteiger partial charge in [-0.15, -0.1) is 0 Å². The first-order valence-corrected chi connectivity index (χ1v) is 9.84. The molecule has 0 N–H and O–H groups in total. The molecule has 9 heteroatoms. The Morgan fingerprint density at radius 3 is 2.27 bits per heavy atom. The van der Waals surface area contributed by atoms with Gasteiger partial charge in [0.15, 0.2) is 0 Å². The number of ketones is 1. The van der Waals surface area contributed by atoms with Gasteiger partial charge in [0, 0.05) is 37.7 Å². The van der Waals surface area contributed by atoms with Crippen LogP contribution >= 0.6 is 11.6 Å². The van der Waals surface area contributed by atoms with E-state index in [1.165, 1.54) is 35.0 Å². The highest BCUT2D eigenvalue weighted by atomic mass is 35.5. The summed E-state index contributed by atoms with van der Waals surface area (Å²) in [7, 11) is 0. The molecule has 1 amide bonds. The van der Waals surface area contributed by atoms with Crippen LogP contribution < -0.4 is 5.56 Å². The first kappa shape index (κ1) is 22.1. The van der Waals surface area contributed by atoms with E-state index in [0.717, 1.165) is 12.1 Å². The molecule has 0 saturated carbocycles. The average molecular weight is 441 g/mol. The minimum absolute atomic E-state index is 0.0482. The quantitative estimate of drug-likeness (QED) is 0.714. The normalized spacial score (nSPS) is 15.3. The molecule has 3 rings (SSSR count). The fourth-order valence-electron chi connectivity index (χ4n) is 3.48. The molecule has 2 aromatic rings. The number of carbonyl (C=O) groups is 2. The van der Waals surface area contributed by atoms with Crippen LogP contribution in [0.15, 0.2) is 47.4 Å². The number of pyridine rings is 1. The second kappa shape index (κ2) is 9.04. The highest BCUT2D eigenvalue weighted by Crippen LogP contribution is 2.29. The monoisotopic (exact) mass is 440 g/mol. The number of rotatable bonds is 5. The number of piperidine rings is 1. The van der Waals surface area contributed by atoms with Crippen LogP contribution in [0.25, 0.3) is 0 Å². The van der Waals surface area contributed by atoms with Gasteiger partial charge in [0.1, 0.15) is 12.3 Å². The van der Waals surface area contributed by atoms with Crippen LogP contribution in [0.1, 0.15) is 24.0 Å². The van der Waals surface area contributed by atoms with Crippen LogP contribution in [0.2, 0.25) is 5.02 Å². The molecule has 1 aliphatic rings. The molecular weight excluding hydrogens is 421 g/mol. The van der Waals surface area contributed by atoms with Crippen LogP contribution in [0, 0.1) is 5.92 Å². The van der Waals surface area contributed by atoms with Gasteiger partial charge < -0.3 is 9.47 Å². The lowest BCUT2D eigenvalue weighted by Crippen LogP contribution is -2.43. The molecule has 1 fully saturated rings. The Hall–Kier alpha value is -2.61. The Bertz CT molecular complexity index is 978. The van der Waals surface area contributed by atoms with Crippen molar-refractivity contribution in [3.05, 3.63) is 69.1 Å². The summed E-state index contributed by atoms with van der Waals surface area (Å²) in [6.45, 7) is 0.651. The molecule has 0 radical (unpaired) electrons. The first-order valence-electron chi connectivity index (χ1n) is 9.46. The number of nitrogens with zero attached hydrogens (tertiary/aromatic N) is 2. The second-order valence-electron chi connectivity index (χ2n) is 7.31. The molecule has 5 nitrogen and oxygen atoms in total. The van der Waals surface area contributed by atoms with Crippen molar-refractivity contribution in [2.45, 2.75) is 32.0 Å². The minimum Gasteiger partial charge on any atom is -0.341 e. The highest BCUT2D eigenvalue weighted by molar-refractivity contribution is 6.30. The lowest BCUT2D eigenvalue weighted by molar-refractivity contribution is -0.137. The van der Waals surface area contributed by atoms with Crippen LogP contribution in [0.5, 0.6) is 0 Å². The standard InChI is InChI=1S/C21H20ClF3N2O3/c22-17-5-6-19(29)27(12-17)13-20(30)26-9-7-15(8-10-26)18(28)11-14-1-3-16(4-2-14)21(23,24)25/h1-6,12,15H,7-11,13H2. The number of hydrogen-bond donors (Lipinski definition) is 0. The lowest BCUT2D eigenvalue weighted by Gasteiger charge is -2.31. The molecule has 30 heavy (non-hydrogen) atoms. The summed E-state index contributed by atoms with van der Waals surface area (Å²) in [6, 6.07) is 7.34. The molecule has 0 spiro atoms. The molecule has 0 aliphatic carbocycles. The summed E-state index contributed by atoms with van der Waals surface area (Å²) in [5.41, 5.74) is -0.537. The van der Waals surface area contributed by atoms with Gasteiger partial charge >= 0.3 is 6.18 Å². The number of Topliss-reactive ketones (excluding diaryl/α,β-unsaturated/α-hetero) is 1. The Labute approximate surface area is 176 Å². The van der Waals surface area contributed by atoms with Crippen molar-refractivity contribution in [2.24, 2.45) is 5.92 Å². The number of benzene rings is 1. The van der Waals surface area contributed by atoms with E-state index in [9.17, 15) is 27.6 Å². The summed E-state index contributed by atoms with van der Waals surface area (Å²) in [6.07, 6.45) is -1.97. The largest absolute Gasteiger partial charge is 0.416 e. The van der Waals surface area contributed by atoms with Crippen molar-refractivity contribution >= 4 is 23.3 Å². The maximum absolute atomic E-state index is 12.6. The van der Waals surface area contributed by atoms with Crippen molar-refractivity contribution in [3.63, 3.8) is 0 Å². The second-order valence-corrected chi connectivity index (χ2v) is 7.74. The Morgan fingerprint density at radius 1 is 1.03 bits per heavy atom. The fourth-order valence-corrected chi connectivity index (χ4v) is 3.66. The summed E-state index contributed by atoms with van der Waals surface area (Å²) in [5.74, 6) is -0.522. The van der Waals surface area contributed by atoms with Crippen LogP contribution in [0.3, 0.4) is 0 Å². The van der Waals surface area contributed by atoms with Crippen LogP contribution in [-0.4, -0.2) is 34.2 Å². The van der Waals surface area contributed by atoms with Gasteiger partial charge in [0.25, 0.3) is 5.56 Å². The Kier molecular flexibility index (Phi) is 6.65. The van der Waals surface area contributed by atoms with E-state index in [1.807, 2.05) is 0 Å². The molecule has 0 unspecified atom stereocenters. The smallest absolute Gasteiger partial charge is 0.341 e. The molecule has 2 heterocycles.